The molecule has 0 spiro atoms. The number of hydrogen-bond acceptors (Lipinski definition) is 3. The van der Waals surface area contributed by atoms with E-state index >= 15 is 0 Å². The predicted octanol–water partition coefficient (Wildman–Crippen LogP) is 2.71. The van der Waals surface area contributed by atoms with Crippen molar-refractivity contribution < 1.29 is 9.53 Å². The number of morpholine rings is 1. The Kier molecular flexibility index (Phi) is 6.50. The van der Waals surface area contributed by atoms with E-state index in [9.17, 15) is 4.79 Å². The smallest absolute Gasteiger partial charge is 0.222 e. The van der Waals surface area contributed by atoms with E-state index in [2.05, 4.69) is 10.6 Å². The number of carbonyl (C=O) groups excluding carboxylic acids is 1. The number of rotatable bonds is 5. The average Bonchev–Trinajstić information content (AvgIpc) is 3.31. The molecule has 1 aromatic rings. The van der Waals surface area contributed by atoms with Crippen LogP contribution in [0.3, 0.4) is 0 Å². The van der Waals surface area contributed by atoms with Crippen molar-refractivity contribution in [3.8, 4) is 0 Å². The van der Waals surface area contributed by atoms with Gasteiger partial charge >= 0.3 is 0 Å². The fourth-order valence-electron chi connectivity index (χ4n) is 2.78. The van der Waals surface area contributed by atoms with Gasteiger partial charge in [-0.05, 0) is 36.5 Å². The molecule has 22 heavy (non-hydrogen) atoms. The summed E-state index contributed by atoms with van der Waals surface area (Å²) in [6.07, 6.45) is 2.83. The third-order valence-electron chi connectivity index (χ3n) is 4.07. The lowest BCUT2D eigenvalue weighted by molar-refractivity contribution is -0.123. The fourth-order valence-corrected chi connectivity index (χ4v) is 2.91. The Morgan fingerprint density at radius 1 is 1.36 bits per heavy atom. The van der Waals surface area contributed by atoms with Gasteiger partial charge in [0, 0.05) is 24.0 Å². The highest BCUT2D eigenvalue weighted by atomic mass is 35.5. The minimum Gasteiger partial charge on any atom is -0.378 e. The number of halogens is 2. The predicted molar refractivity (Wildman–Crippen MR) is 89.5 cm³/mol. The van der Waals surface area contributed by atoms with Gasteiger partial charge in [-0.2, -0.15) is 0 Å². The third kappa shape index (κ3) is 4.85. The molecule has 1 aliphatic carbocycles. The van der Waals surface area contributed by atoms with Crippen LogP contribution >= 0.6 is 24.0 Å². The summed E-state index contributed by atoms with van der Waals surface area (Å²) in [4.78, 5) is 12.3. The highest BCUT2D eigenvalue weighted by molar-refractivity contribution is 6.30. The maximum atomic E-state index is 12.3. The Bertz CT molecular complexity index is 485. The molecule has 1 saturated carbocycles. The number of amides is 1. The molecule has 0 aromatic heterocycles. The molecular formula is C16H22Cl2N2O2. The summed E-state index contributed by atoms with van der Waals surface area (Å²) in [6, 6.07) is 8.02. The van der Waals surface area contributed by atoms with Crippen LogP contribution in [0, 0.1) is 5.92 Å². The van der Waals surface area contributed by atoms with Crippen molar-refractivity contribution in [2.24, 2.45) is 5.92 Å². The van der Waals surface area contributed by atoms with Crippen molar-refractivity contribution in [1.82, 2.24) is 10.6 Å². The molecule has 2 aliphatic rings. The van der Waals surface area contributed by atoms with E-state index in [0.717, 1.165) is 23.7 Å². The Hall–Kier alpha value is -0.810. The molecule has 0 bridgehead atoms. The highest BCUT2D eigenvalue weighted by Crippen LogP contribution is 2.41. The standard InChI is InChI=1S/C16H21ClN2O2.ClH/c17-13-5-3-12(4-6-13)16(11-1-2-11)19-15(20)9-14-10-21-8-7-18-14;/h3-6,11,14,16,18H,1-2,7-10H2,(H,19,20);1H. The van der Waals surface area contributed by atoms with Gasteiger partial charge in [0.15, 0.2) is 0 Å². The molecular weight excluding hydrogens is 323 g/mol. The molecule has 1 aromatic carbocycles. The normalized spacial score (nSPS) is 22.5. The summed E-state index contributed by atoms with van der Waals surface area (Å²) in [6.45, 7) is 2.16. The van der Waals surface area contributed by atoms with Crippen molar-refractivity contribution in [2.45, 2.75) is 31.3 Å². The number of benzene rings is 1. The average molecular weight is 345 g/mol. The third-order valence-corrected chi connectivity index (χ3v) is 4.32. The highest BCUT2D eigenvalue weighted by Gasteiger charge is 2.33. The first-order valence-corrected chi connectivity index (χ1v) is 7.96. The molecule has 1 aliphatic heterocycles. The van der Waals surface area contributed by atoms with Crippen LogP contribution in [0.1, 0.15) is 30.9 Å². The lowest BCUT2D eigenvalue weighted by Crippen LogP contribution is -2.44. The van der Waals surface area contributed by atoms with Crippen LogP contribution in [0.25, 0.3) is 0 Å². The number of nitrogens with one attached hydrogen (secondary N) is 2. The van der Waals surface area contributed by atoms with Crippen LogP contribution in [-0.4, -0.2) is 31.7 Å². The van der Waals surface area contributed by atoms with Crippen LogP contribution < -0.4 is 10.6 Å². The van der Waals surface area contributed by atoms with Gasteiger partial charge in [-0.1, -0.05) is 23.7 Å². The minimum atomic E-state index is 0. The quantitative estimate of drug-likeness (QED) is 0.863. The molecule has 2 unspecified atom stereocenters. The van der Waals surface area contributed by atoms with Gasteiger partial charge in [0.2, 0.25) is 5.91 Å². The van der Waals surface area contributed by atoms with Crippen LogP contribution in [0.4, 0.5) is 0 Å². The lowest BCUT2D eigenvalue weighted by atomic mass is 10.0. The van der Waals surface area contributed by atoms with Crippen molar-refractivity contribution in [3.05, 3.63) is 34.9 Å². The Morgan fingerprint density at radius 2 is 2.09 bits per heavy atom. The SMILES string of the molecule is Cl.O=C(CC1COCCN1)NC(c1ccc(Cl)cc1)C1CC1. The largest absolute Gasteiger partial charge is 0.378 e. The van der Waals surface area contributed by atoms with Crippen LogP contribution in [0.5, 0.6) is 0 Å². The molecule has 1 saturated heterocycles. The fraction of sp³-hybridized carbons (Fsp3) is 0.562. The second kappa shape index (κ2) is 8.16. The van der Waals surface area contributed by atoms with Crippen molar-refractivity contribution in [3.63, 3.8) is 0 Å². The second-order valence-electron chi connectivity index (χ2n) is 5.86. The van der Waals surface area contributed by atoms with Gasteiger partial charge in [0.25, 0.3) is 0 Å². The number of ether oxygens (including phenoxy) is 1. The Morgan fingerprint density at radius 3 is 2.68 bits per heavy atom. The Balaban J connectivity index is 0.00000176. The summed E-state index contributed by atoms with van der Waals surface area (Å²) in [5.41, 5.74) is 1.14. The maximum Gasteiger partial charge on any atom is 0.222 e. The zero-order valence-electron chi connectivity index (χ0n) is 12.4. The lowest BCUT2D eigenvalue weighted by Gasteiger charge is -2.25. The minimum absolute atomic E-state index is 0. The molecule has 6 heteroatoms. The molecule has 1 amide bonds. The summed E-state index contributed by atoms with van der Waals surface area (Å²) in [5, 5.41) is 7.22. The molecule has 1 heterocycles. The summed E-state index contributed by atoms with van der Waals surface area (Å²) >= 11 is 5.94. The first kappa shape index (κ1) is 17.5. The molecule has 122 valence electrons. The zero-order chi connectivity index (χ0) is 14.7. The number of hydrogen-bond donors (Lipinski definition) is 2. The monoisotopic (exact) mass is 344 g/mol. The van der Waals surface area contributed by atoms with Crippen molar-refractivity contribution in [2.75, 3.05) is 19.8 Å². The Labute approximate surface area is 142 Å². The van der Waals surface area contributed by atoms with Gasteiger partial charge < -0.3 is 15.4 Å². The summed E-state index contributed by atoms with van der Waals surface area (Å²) in [7, 11) is 0. The summed E-state index contributed by atoms with van der Waals surface area (Å²) < 4.78 is 5.39. The van der Waals surface area contributed by atoms with E-state index in [4.69, 9.17) is 16.3 Å². The number of carbonyl (C=O) groups is 1. The van der Waals surface area contributed by atoms with E-state index in [0.29, 0.717) is 18.9 Å². The summed E-state index contributed by atoms with van der Waals surface area (Å²) in [5.74, 6) is 0.649. The van der Waals surface area contributed by atoms with Crippen molar-refractivity contribution in [1.29, 1.82) is 0 Å². The molecule has 3 rings (SSSR count). The van der Waals surface area contributed by atoms with Gasteiger partial charge in [-0.25, -0.2) is 0 Å². The first-order valence-electron chi connectivity index (χ1n) is 7.58. The molecule has 4 nitrogen and oxygen atoms in total. The topological polar surface area (TPSA) is 50.4 Å². The van der Waals surface area contributed by atoms with Crippen LogP contribution in [0.15, 0.2) is 24.3 Å². The molecule has 0 radical (unpaired) electrons. The van der Waals surface area contributed by atoms with E-state index in [1.54, 1.807) is 0 Å². The van der Waals surface area contributed by atoms with E-state index in [-0.39, 0.29) is 30.4 Å². The van der Waals surface area contributed by atoms with Gasteiger partial charge in [-0.15, -0.1) is 12.4 Å². The molecule has 2 atom stereocenters. The van der Waals surface area contributed by atoms with Gasteiger partial charge in [-0.3, -0.25) is 4.79 Å². The van der Waals surface area contributed by atoms with Gasteiger partial charge in [0.1, 0.15) is 0 Å². The molecule has 2 fully saturated rings. The van der Waals surface area contributed by atoms with Crippen molar-refractivity contribution >= 4 is 29.9 Å². The van der Waals surface area contributed by atoms with E-state index in [1.165, 1.54) is 12.8 Å². The molecule has 2 N–H and O–H groups in total. The van der Waals surface area contributed by atoms with Gasteiger partial charge in [0.05, 0.1) is 19.3 Å². The maximum absolute atomic E-state index is 12.3. The van der Waals surface area contributed by atoms with Crippen LogP contribution in [-0.2, 0) is 9.53 Å². The first-order chi connectivity index (χ1) is 10.2. The van der Waals surface area contributed by atoms with E-state index < -0.39 is 0 Å². The van der Waals surface area contributed by atoms with E-state index in [1.807, 2.05) is 24.3 Å². The second-order valence-corrected chi connectivity index (χ2v) is 6.30. The van der Waals surface area contributed by atoms with Crippen LogP contribution in [0.2, 0.25) is 5.02 Å². The zero-order valence-corrected chi connectivity index (χ0v) is 14.0.